The van der Waals surface area contributed by atoms with Gasteiger partial charge < -0.3 is 0 Å². The first-order chi connectivity index (χ1) is 3.41. The van der Waals surface area contributed by atoms with Gasteiger partial charge in [-0.1, -0.05) is 25.3 Å². The van der Waals surface area contributed by atoms with Gasteiger partial charge in [0.05, 0.1) is 0 Å². The first-order valence-electron chi connectivity index (χ1n) is 2.06. The largest absolute Gasteiger partial charge is 0.121 e. The molecule has 0 aliphatic rings. The van der Waals surface area contributed by atoms with Crippen LogP contribution in [0.2, 0.25) is 0 Å². The highest BCUT2D eigenvalue weighted by atomic mass is 13.5. The van der Waals surface area contributed by atoms with Crippen molar-refractivity contribution in [1.82, 2.24) is 0 Å². The molecule has 0 saturated carbocycles. The molecule has 0 rings (SSSR count). The SMILES string of the molecule is C=CC=C=CC=C. The Kier molecular flexibility index (Phi) is 4.29. The van der Waals surface area contributed by atoms with Crippen LogP contribution in [-0.4, -0.2) is 0 Å². The molecule has 0 heterocycles. The third kappa shape index (κ3) is 5.00. The smallest absolute Gasteiger partial charge is 0.0206 e. The molecule has 0 nitrogen and oxygen atoms in total. The molecule has 0 fully saturated rings. The van der Waals surface area contributed by atoms with Crippen molar-refractivity contribution in [2.45, 2.75) is 0 Å². The normalized spacial score (nSPS) is 5.71. The molecular weight excluding hydrogens is 84.1 g/mol. The summed E-state index contributed by atoms with van der Waals surface area (Å²) in [6, 6.07) is 0. The minimum Gasteiger partial charge on any atom is -0.121 e. The highest BCUT2D eigenvalue weighted by Gasteiger charge is 1.46. The molecule has 0 heteroatoms. The van der Waals surface area contributed by atoms with Crippen LogP contribution in [0.3, 0.4) is 0 Å². The first kappa shape index (κ1) is 6.00. The van der Waals surface area contributed by atoms with Gasteiger partial charge in [-0.15, -0.1) is 5.73 Å². The lowest BCUT2D eigenvalue weighted by atomic mass is 10.5. The van der Waals surface area contributed by atoms with Crippen molar-refractivity contribution in [3.05, 3.63) is 43.2 Å². The Morgan fingerprint density at radius 2 is 1.43 bits per heavy atom. The summed E-state index contributed by atoms with van der Waals surface area (Å²) in [6.45, 7) is 6.92. The first-order valence-corrected chi connectivity index (χ1v) is 2.06. The predicted molar refractivity (Wildman–Crippen MR) is 33.0 cm³/mol. The molecule has 36 valence electrons. The Hall–Kier alpha value is -1.00. The summed E-state index contributed by atoms with van der Waals surface area (Å²) >= 11 is 0. The molecule has 0 aromatic heterocycles. The molecule has 0 unspecified atom stereocenters. The Morgan fingerprint density at radius 1 is 1.00 bits per heavy atom. The van der Waals surface area contributed by atoms with Gasteiger partial charge in [0.1, 0.15) is 0 Å². The van der Waals surface area contributed by atoms with Gasteiger partial charge >= 0.3 is 0 Å². The van der Waals surface area contributed by atoms with E-state index >= 15 is 0 Å². The van der Waals surface area contributed by atoms with E-state index in [2.05, 4.69) is 18.9 Å². The van der Waals surface area contributed by atoms with Gasteiger partial charge in [-0.25, -0.2) is 0 Å². The average molecular weight is 92.1 g/mol. The van der Waals surface area contributed by atoms with Crippen LogP contribution in [0.25, 0.3) is 0 Å². The molecule has 0 radical (unpaired) electrons. The lowest BCUT2D eigenvalue weighted by molar-refractivity contribution is 2.00. The lowest BCUT2D eigenvalue weighted by Gasteiger charge is -1.57. The van der Waals surface area contributed by atoms with Crippen molar-refractivity contribution in [1.29, 1.82) is 0 Å². The van der Waals surface area contributed by atoms with E-state index in [-0.39, 0.29) is 0 Å². The van der Waals surface area contributed by atoms with Crippen molar-refractivity contribution in [3.8, 4) is 0 Å². The molecule has 0 bridgehead atoms. The molecule has 0 aromatic carbocycles. The van der Waals surface area contributed by atoms with E-state index in [0.717, 1.165) is 0 Å². The van der Waals surface area contributed by atoms with Crippen molar-refractivity contribution >= 4 is 0 Å². The zero-order valence-corrected chi connectivity index (χ0v) is 4.22. The number of hydrogen-bond acceptors (Lipinski definition) is 0. The van der Waals surface area contributed by atoms with Crippen molar-refractivity contribution in [2.75, 3.05) is 0 Å². The summed E-state index contributed by atoms with van der Waals surface area (Å²) in [7, 11) is 0. The van der Waals surface area contributed by atoms with E-state index in [9.17, 15) is 0 Å². The Bertz CT molecular complexity index is 100. The number of hydrogen-bond donors (Lipinski definition) is 0. The quantitative estimate of drug-likeness (QED) is 0.361. The monoisotopic (exact) mass is 92.1 g/mol. The predicted octanol–water partition coefficient (Wildman–Crippen LogP) is 2.07. The molecule has 0 aliphatic carbocycles. The molecule has 0 N–H and O–H groups in total. The van der Waals surface area contributed by atoms with Crippen molar-refractivity contribution in [3.63, 3.8) is 0 Å². The number of rotatable bonds is 2. The average Bonchev–Trinajstić information content (AvgIpc) is 1.69. The maximum atomic E-state index is 3.46. The summed E-state index contributed by atoms with van der Waals surface area (Å²) in [5.41, 5.74) is 2.80. The van der Waals surface area contributed by atoms with Crippen molar-refractivity contribution in [2.24, 2.45) is 0 Å². The van der Waals surface area contributed by atoms with E-state index in [1.165, 1.54) is 0 Å². The van der Waals surface area contributed by atoms with E-state index < -0.39 is 0 Å². The molecule has 0 amide bonds. The van der Waals surface area contributed by atoms with Gasteiger partial charge in [0.2, 0.25) is 0 Å². The summed E-state index contributed by atoms with van der Waals surface area (Å²) in [5, 5.41) is 0. The standard InChI is InChI=1S/C7H8/c1-3-5-7-6-4-2/h3-6H,1-2H2. The van der Waals surface area contributed by atoms with Crippen LogP contribution in [0.5, 0.6) is 0 Å². The molecule has 0 atom stereocenters. The van der Waals surface area contributed by atoms with Gasteiger partial charge in [0.15, 0.2) is 0 Å². The minimum atomic E-state index is 1.67. The van der Waals surface area contributed by atoms with Crippen LogP contribution >= 0.6 is 0 Å². The highest BCUT2D eigenvalue weighted by Crippen LogP contribution is 1.67. The maximum Gasteiger partial charge on any atom is -0.0206 e. The number of allylic oxidation sites excluding steroid dienone is 3. The zero-order chi connectivity index (χ0) is 5.54. The van der Waals surface area contributed by atoms with Gasteiger partial charge in [0, 0.05) is 0 Å². The minimum absolute atomic E-state index is 1.67. The van der Waals surface area contributed by atoms with Crippen LogP contribution < -0.4 is 0 Å². The van der Waals surface area contributed by atoms with Gasteiger partial charge in [-0.2, -0.15) is 0 Å². The Morgan fingerprint density at radius 3 is 1.71 bits per heavy atom. The second-order valence-electron chi connectivity index (χ2n) is 0.971. The fourth-order valence-electron chi connectivity index (χ4n) is 0.192. The zero-order valence-electron chi connectivity index (χ0n) is 4.22. The molecule has 0 saturated heterocycles. The van der Waals surface area contributed by atoms with Crippen LogP contribution in [0.1, 0.15) is 0 Å². The highest BCUT2D eigenvalue weighted by molar-refractivity contribution is 5.03. The van der Waals surface area contributed by atoms with Gasteiger partial charge in [-0.3, -0.25) is 0 Å². The van der Waals surface area contributed by atoms with Crippen LogP contribution in [0, 0.1) is 0 Å². The van der Waals surface area contributed by atoms with Crippen LogP contribution in [-0.2, 0) is 0 Å². The molecular formula is C7H8. The van der Waals surface area contributed by atoms with E-state index in [4.69, 9.17) is 0 Å². The van der Waals surface area contributed by atoms with Crippen molar-refractivity contribution < 1.29 is 0 Å². The maximum absolute atomic E-state index is 3.46. The third-order valence-corrected chi connectivity index (χ3v) is 0.428. The molecule has 7 heavy (non-hydrogen) atoms. The Labute approximate surface area is 44.2 Å². The molecule has 0 aromatic rings. The second-order valence-corrected chi connectivity index (χ2v) is 0.971. The van der Waals surface area contributed by atoms with E-state index in [1.807, 2.05) is 0 Å². The summed E-state index contributed by atoms with van der Waals surface area (Å²) in [6.07, 6.45) is 6.78. The molecule has 0 spiro atoms. The van der Waals surface area contributed by atoms with E-state index in [0.29, 0.717) is 0 Å². The summed E-state index contributed by atoms with van der Waals surface area (Å²) in [4.78, 5) is 0. The molecule has 0 aliphatic heterocycles. The second kappa shape index (κ2) is 5.00. The van der Waals surface area contributed by atoms with E-state index in [1.54, 1.807) is 24.3 Å². The Balaban J connectivity index is 3.61. The van der Waals surface area contributed by atoms with Crippen LogP contribution in [0.15, 0.2) is 43.2 Å². The fraction of sp³-hybridized carbons (Fsp3) is 0. The third-order valence-electron chi connectivity index (χ3n) is 0.428. The van der Waals surface area contributed by atoms with Gasteiger partial charge in [-0.05, 0) is 12.2 Å². The summed E-state index contributed by atoms with van der Waals surface area (Å²) in [5.74, 6) is 0. The van der Waals surface area contributed by atoms with Gasteiger partial charge in [0.25, 0.3) is 0 Å². The lowest BCUT2D eigenvalue weighted by Crippen LogP contribution is -1.35. The summed E-state index contributed by atoms with van der Waals surface area (Å²) < 4.78 is 0. The van der Waals surface area contributed by atoms with Crippen LogP contribution in [0.4, 0.5) is 0 Å². The fourth-order valence-corrected chi connectivity index (χ4v) is 0.192. The topological polar surface area (TPSA) is 0 Å².